The summed E-state index contributed by atoms with van der Waals surface area (Å²) in [6, 6.07) is 8.41. The van der Waals surface area contributed by atoms with Crippen molar-refractivity contribution in [2.75, 3.05) is 6.61 Å². The SMILES string of the molecule is CC(=O)O[C@@H](CCC(C)(C)O)[C@@](C)(O)COC(=O)c1ccccc1. The zero-order chi connectivity index (χ0) is 18.4. The van der Waals surface area contributed by atoms with Gasteiger partial charge in [-0.15, -0.1) is 0 Å². The fraction of sp³-hybridized carbons (Fsp3) is 0.556. The summed E-state index contributed by atoms with van der Waals surface area (Å²) >= 11 is 0. The predicted molar refractivity (Wildman–Crippen MR) is 88.4 cm³/mol. The largest absolute Gasteiger partial charge is 0.459 e. The van der Waals surface area contributed by atoms with Gasteiger partial charge in [-0.1, -0.05) is 18.2 Å². The molecule has 6 heteroatoms. The fourth-order valence-electron chi connectivity index (χ4n) is 2.14. The number of benzene rings is 1. The van der Waals surface area contributed by atoms with Crippen molar-refractivity contribution in [2.45, 2.75) is 57.8 Å². The molecule has 24 heavy (non-hydrogen) atoms. The van der Waals surface area contributed by atoms with Crippen LogP contribution in [0.15, 0.2) is 30.3 Å². The summed E-state index contributed by atoms with van der Waals surface area (Å²) in [7, 11) is 0. The van der Waals surface area contributed by atoms with Crippen molar-refractivity contribution >= 4 is 11.9 Å². The molecule has 0 bridgehead atoms. The Morgan fingerprint density at radius 3 is 2.21 bits per heavy atom. The molecule has 0 aliphatic carbocycles. The molecule has 0 unspecified atom stereocenters. The number of hydrogen-bond acceptors (Lipinski definition) is 6. The van der Waals surface area contributed by atoms with Crippen molar-refractivity contribution in [2.24, 2.45) is 0 Å². The Bertz CT molecular complexity index is 544. The van der Waals surface area contributed by atoms with Crippen LogP contribution in [0, 0.1) is 0 Å². The summed E-state index contributed by atoms with van der Waals surface area (Å²) in [6.07, 6.45) is -0.350. The number of esters is 2. The smallest absolute Gasteiger partial charge is 0.338 e. The first kappa shape index (κ1) is 20.1. The highest BCUT2D eigenvalue weighted by atomic mass is 16.6. The zero-order valence-corrected chi connectivity index (χ0v) is 14.6. The molecular weight excluding hydrogens is 312 g/mol. The van der Waals surface area contributed by atoms with Gasteiger partial charge in [0.1, 0.15) is 18.3 Å². The van der Waals surface area contributed by atoms with Crippen LogP contribution in [0.2, 0.25) is 0 Å². The van der Waals surface area contributed by atoms with E-state index in [1.54, 1.807) is 44.2 Å². The Hall–Kier alpha value is -1.92. The summed E-state index contributed by atoms with van der Waals surface area (Å²) in [4.78, 5) is 23.3. The second-order valence-corrected chi connectivity index (χ2v) is 6.75. The minimum atomic E-state index is -1.57. The minimum absolute atomic E-state index is 0.235. The summed E-state index contributed by atoms with van der Waals surface area (Å²) in [5.74, 6) is -1.12. The molecule has 0 heterocycles. The number of aliphatic hydroxyl groups is 2. The molecule has 0 fully saturated rings. The van der Waals surface area contributed by atoms with E-state index in [2.05, 4.69) is 0 Å². The topological polar surface area (TPSA) is 93.1 Å². The Morgan fingerprint density at radius 2 is 1.71 bits per heavy atom. The Balaban J connectivity index is 2.72. The van der Waals surface area contributed by atoms with Crippen LogP contribution in [0.25, 0.3) is 0 Å². The highest BCUT2D eigenvalue weighted by Crippen LogP contribution is 2.23. The van der Waals surface area contributed by atoms with E-state index in [-0.39, 0.29) is 13.0 Å². The van der Waals surface area contributed by atoms with E-state index >= 15 is 0 Å². The first-order valence-corrected chi connectivity index (χ1v) is 7.85. The van der Waals surface area contributed by atoms with E-state index in [1.807, 2.05) is 0 Å². The average Bonchev–Trinajstić information content (AvgIpc) is 2.48. The number of rotatable bonds is 8. The molecule has 0 aliphatic rings. The van der Waals surface area contributed by atoms with Gasteiger partial charge in [-0.25, -0.2) is 4.79 Å². The number of carbonyl (C=O) groups excluding carboxylic acids is 2. The van der Waals surface area contributed by atoms with Crippen LogP contribution in [0.4, 0.5) is 0 Å². The third kappa shape index (κ3) is 7.10. The molecule has 0 saturated heterocycles. The molecule has 0 aliphatic heterocycles. The van der Waals surface area contributed by atoms with Crippen molar-refractivity contribution in [3.8, 4) is 0 Å². The van der Waals surface area contributed by atoms with E-state index in [1.165, 1.54) is 13.8 Å². The highest BCUT2D eigenvalue weighted by molar-refractivity contribution is 5.89. The Kier molecular flexibility index (Phi) is 6.93. The molecule has 0 radical (unpaired) electrons. The average molecular weight is 338 g/mol. The summed E-state index contributed by atoms with van der Waals surface area (Å²) in [5.41, 5.74) is -2.16. The predicted octanol–water partition coefficient (Wildman–Crippen LogP) is 2.08. The first-order chi connectivity index (χ1) is 11.0. The molecule has 0 amide bonds. The molecular formula is C18H26O6. The maximum absolute atomic E-state index is 12.0. The molecule has 1 rings (SSSR count). The molecule has 6 nitrogen and oxygen atoms in total. The van der Waals surface area contributed by atoms with Gasteiger partial charge in [0.25, 0.3) is 0 Å². The van der Waals surface area contributed by atoms with E-state index < -0.39 is 29.2 Å². The van der Waals surface area contributed by atoms with E-state index in [0.29, 0.717) is 12.0 Å². The molecule has 134 valence electrons. The maximum atomic E-state index is 12.0. The minimum Gasteiger partial charge on any atom is -0.459 e. The van der Waals surface area contributed by atoms with Crippen LogP contribution in [-0.4, -0.2) is 46.1 Å². The summed E-state index contributed by atoms with van der Waals surface area (Å²) < 4.78 is 10.3. The second-order valence-electron chi connectivity index (χ2n) is 6.75. The highest BCUT2D eigenvalue weighted by Gasteiger charge is 2.37. The molecule has 0 spiro atoms. The first-order valence-electron chi connectivity index (χ1n) is 7.85. The fourth-order valence-corrected chi connectivity index (χ4v) is 2.14. The van der Waals surface area contributed by atoms with Crippen LogP contribution in [0.1, 0.15) is 50.9 Å². The van der Waals surface area contributed by atoms with Gasteiger partial charge < -0.3 is 19.7 Å². The van der Waals surface area contributed by atoms with Gasteiger partial charge in [0.2, 0.25) is 0 Å². The number of hydrogen-bond donors (Lipinski definition) is 2. The molecule has 1 aromatic carbocycles. The number of carbonyl (C=O) groups is 2. The zero-order valence-electron chi connectivity index (χ0n) is 14.6. The number of ether oxygens (including phenoxy) is 2. The Labute approximate surface area is 142 Å². The van der Waals surface area contributed by atoms with Crippen LogP contribution in [0.5, 0.6) is 0 Å². The lowest BCUT2D eigenvalue weighted by atomic mass is 9.91. The van der Waals surface area contributed by atoms with Gasteiger partial charge in [-0.2, -0.15) is 0 Å². The van der Waals surface area contributed by atoms with Gasteiger partial charge in [-0.3, -0.25) is 4.79 Å². The second kappa shape index (κ2) is 8.26. The third-order valence-corrected chi connectivity index (χ3v) is 3.53. The van der Waals surface area contributed by atoms with Crippen molar-refractivity contribution in [3.05, 3.63) is 35.9 Å². The van der Waals surface area contributed by atoms with Crippen LogP contribution in [0.3, 0.4) is 0 Å². The standard InChI is InChI=1S/C18H26O6/c1-13(19)24-15(10-11-17(2,3)21)18(4,22)12-23-16(20)14-8-6-5-7-9-14/h5-9,15,21-22H,10-12H2,1-4H3/t15-,18-/m0/s1. The van der Waals surface area contributed by atoms with Gasteiger partial charge in [0.05, 0.1) is 11.2 Å². The van der Waals surface area contributed by atoms with Crippen molar-refractivity contribution in [1.29, 1.82) is 0 Å². The van der Waals surface area contributed by atoms with Gasteiger partial charge in [-0.05, 0) is 45.7 Å². The van der Waals surface area contributed by atoms with Crippen LogP contribution >= 0.6 is 0 Å². The normalized spacial score (nSPS) is 15.2. The van der Waals surface area contributed by atoms with Crippen LogP contribution in [-0.2, 0) is 14.3 Å². The lowest BCUT2D eigenvalue weighted by Gasteiger charge is -2.33. The Morgan fingerprint density at radius 1 is 1.12 bits per heavy atom. The maximum Gasteiger partial charge on any atom is 0.338 e. The van der Waals surface area contributed by atoms with E-state index in [4.69, 9.17) is 9.47 Å². The summed E-state index contributed by atoms with van der Waals surface area (Å²) in [6.45, 7) is 5.60. The van der Waals surface area contributed by atoms with Crippen molar-refractivity contribution in [3.63, 3.8) is 0 Å². The molecule has 2 N–H and O–H groups in total. The lowest BCUT2D eigenvalue weighted by molar-refractivity contribution is -0.168. The summed E-state index contributed by atoms with van der Waals surface area (Å²) in [5, 5.41) is 20.4. The van der Waals surface area contributed by atoms with Crippen molar-refractivity contribution < 1.29 is 29.3 Å². The molecule has 0 aromatic heterocycles. The van der Waals surface area contributed by atoms with Gasteiger partial charge in [0.15, 0.2) is 0 Å². The van der Waals surface area contributed by atoms with E-state index in [0.717, 1.165) is 0 Å². The molecule has 1 aromatic rings. The molecule has 0 saturated carbocycles. The monoisotopic (exact) mass is 338 g/mol. The third-order valence-electron chi connectivity index (χ3n) is 3.53. The molecule has 2 atom stereocenters. The van der Waals surface area contributed by atoms with Gasteiger partial charge in [0, 0.05) is 6.92 Å². The van der Waals surface area contributed by atoms with Crippen LogP contribution < -0.4 is 0 Å². The lowest BCUT2D eigenvalue weighted by Crippen LogP contribution is -2.47. The van der Waals surface area contributed by atoms with Crippen molar-refractivity contribution in [1.82, 2.24) is 0 Å². The quantitative estimate of drug-likeness (QED) is 0.705. The van der Waals surface area contributed by atoms with Gasteiger partial charge >= 0.3 is 11.9 Å². The van der Waals surface area contributed by atoms with E-state index in [9.17, 15) is 19.8 Å².